The van der Waals surface area contributed by atoms with Gasteiger partial charge in [0.1, 0.15) is 12.4 Å². The zero-order valence-corrected chi connectivity index (χ0v) is 22.8. The van der Waals surface area contributed by atoms with Crippen molar-refractivity contribution >= 4 is 34.6 Å². The van der Waals surface area contributed by atoms with Crippen molar-refractivity contribution in [1.29, 1.82) is 0 Å². The molecule has 0 radical (unpaired) electrons. The van der Waals surface area contributed by atoms with Crippen molar-refractivity contribution in [2.24, 2.45) is 4.99 Å². The molecular formula is C28H34FN5O4S. The number of nitrogens with one attached hydrogen (secondary N) is 2. The lowest BCUT2D eigenvalue weighted by Gasteiger charge is -2.28. The van der Waals surface area contributed by atoms with Gasteiger partial charge in [0.25, 0.3) is 0 Å². The molecular weight excluding hydrogens is 521 g/mol. The standard InChI is InChI=1S/C28H34FN5O4S/c1-2-38-27(36)19-31-26(35)18-30-12-3-13-34-25(20-39-28(34)32-23-8-6-22(29)7-9-23)21-4-10-24(11-5-21)33-14-16-37-17-15-33/h4-11,20,30H,2-3,12-19H2,1H3,(H,31,35). The third kappa shape index (κ3) is 8.47. The highest BCUT2D eigenvalue weighted by Gasteiger charge is 2.13. The summed E-state index contributed by atoms with van der Waals surface area (Å²) in [5, 5.41) is 7.74. The summed E-state index contributed by atoms with van der Waals surface area (Å²) in [5.74, 6) is -1.02. The quantitative estimate of drug-likeness (QED) is 0.263. The van der Waals surface area contributed by atoms with Crippen molar-refractivity contribution in [3.63, 3.8) is 0 Å². The van der Waals surface area contributed by atoms with Crippen LogP contribution >= 0.6 is 11.3 Å². The fourth-order valence-electron chi connectivity index (χ4n) is 4.17. The highest BCUT2D eigenvalue weighted by molar-refractivity contribution is 7.07. The maximum atomic E-state index is 13.4. The van der Waals surface area contributed by atoms with Crippen molar-refractivity contribution in [3.8, 4) is 11.3 Å². The molecule has 9 nitrogen and oxygen atoms in total. The Morgan fingerprint density at radius 1 is 1.08 bits per heavy atom. The van der Waals surface area contributed by atoms with Crippen LogP contribution in [0.25, 0.3) is 11.3 Å². The summed E-state index contributed by atoms with van der Waals surface area (Å²) < 4.78 is 25.8. The van der Waals surface area contributed by atoms with Gasteiger partial charge in [0.15, 0.2) is 4.80 Å². The highest BCUT2D eigenvalue weighted by atomic mass is 32.1. The molecule has 0 bridgehead atoms. The van der Waals surface area contributed by atoms with Gasteiger partial charge in [0, 0.05) is 30.7 Å². The molecule has 1 saturated heterocycles. The molecule has 4 rings (SSSR count). The lowest BCUT2D eigenvalue weighted by molar-refractivity contribution is -0.143. The van der Waals surface area contributed by atoms with E-state index in [1.54, 1.807) is 19.1 Å². The molecule has 1 amide bonds. The number of carbonyl (C=O) groups is 2. The molecule has 0 unspecified atom stereocenters. The molecule has 2 N–H and O–H groups in total. The Hall–Kier alpha value is -3.54. The van der Waals surface area contributed by atoms with E-state index in [-0.39, 0.29) is 31.4 Å². The van der Waals surface area contributed by atoms with Gasteiger partial charge in [-0.15, -0.1) is 11.3 Å². The Balaban J connectivity index is 1.43. The lowest BCUT2D eigenvalue weighted by atomic mass is 10.1. The third-order valence-corrected chi connectivity index (χ3v) is 7.01. The molecule has 1 aromatic heterocycles. The first-order valence-corrected chi connectivity index (χ1v) is 14.0. The number of ether oxygens (including phenoxy) is 2. The Bertz CT molecular complexity index is 1280. The number of benzene rings is 2. The van der Waals surface area contributed by atoms with E-state index in [2.05, 4.69) is 49.7 Å². The molecule has 208 valence electrons. The van der Waals surface area contributed by atoms with E-state index in [1.165, 1.54) is 29.2 Å². The predicted molar refractivity (Wildman–Crippen MR) is 150 cm³/mol. The van der Waals surface area contributed by atoms with E-state index in [0.717, 1.165) is 48.8 Å². The van der Waals surface area contributed by atoms with Crippen molar-refractivity contribution in [3.05, 3.63) is 64.5 Å². The first-order chi connectivity index (χ1) is 19.0. The molecule has 1 aliphatic heterocycles. The van der Waals surface area contributed by atoms with Gasteiger partial charge in [-0.3, -0.25) is 9.59 Å². The molecule has 0 atom stereocenters. The van der Waals surface area contributed by atoms with E-state index in [0.29, 0.717) is 18.8 Å². The minimum Gasteiger partial charge on any atom is -0.465 e. The third-order valence-electron chi connectivity index (χ3n) is 6.14. The van der Waals surface area contributed by atoms with E-state index in [1.807, 2.05) is 0 Å². The maximum absolute atomic E-state index is 13.4. The molecule has 2 heterocycles. The number of thiazole rings is 1. The summed E-state index contributed by atoms with van der Waals surface area (Å²) in [7, 11) is 0. The first-order valence-electron chi connectivity index (χ1n) is 13.1. The average Bonchev–Trinajstić information content (AvgIpc) is 3.35. The number of esters is 1. The number of rotatable bonds is 12. The van der Waals surface area contributed by atoms with E-state index in [9.17, 15) is 14.0 Å². The number of amides is 1. The fraction of sp³-hybridized carbons (Fsp3) is 0.393. The van der Waals surface area contributed by atoms with Crippen LogP contribution in [-0.4, -0.2) is 69.0 Å². The van der Waals surface area contributed by atoms with Gasteiger partial charge in [-0.2, -0.15) is 0 Å². The van der Waals surface area contributed by atoms with E-state index < -0.39 is 5.97 Å². The second-order valence-electron chi connectivity index (χ2n) is 8.90. The number of morpholine rings is 1. The molecule has 1 aliphatic rings. The normalized spacial score (nSPS) is 13.9. The van der Waals surface area contributed by atoms with Crippen LogP contribution in [0, 0.1) is 5.82 Å². The Labute approximate surface area is 231 Å². The van der Waals surface area contributed by atoms with E-state index >= 15 is 0 Å². The van der Waals surface area contributed by atoms with Gasteiger partial charge in [-0.05, 0) is 61.9 Å². The monoisotopic (exact) mass is 555 g/mol. The first kappa shape index (κ1) is 28.5. The fourth-order valence-corrected chi connectivity index (χ4v) is 5.12. The van der Waals surface area contributed by atoms with Gasteiger partial charge in [0.05, 0.1) is 37.7 Å². The van der Waals surface area contributed by atoms with Crippen molar-refractivity contribution < 1.29 is 23.5 Å². The Morgan fingerprint density at radius 2 is 1.82 bits per heavy atom. The Kier molecular flexibility index (Phi) is 10.6. The number of anilines is 1. The predicted octanol–water partition coefficient (Wildman–Crippen LogP) is 3.08. The minimum atomic E-state index is -0.456. The molecule has 0 saturated carbocycles. The van der Waals surface area contributed by atoms with E-state index in [4.69, 9.17) is 14.5 Å². The van der Waals surface area contributed by atoms with Gasteiger partial charge in [-0.25, -0.2) is 9.38 Å². The van der Waals surface area contributed by atoms with Crippen LogP contribution in [0.2, 0.25) is 0 Å². The molecule has 0 aliphatic carbocycles. The largest absolute Gasteiger partial charge is 0.465 e. The second kappa shape index (κ2) is 14.6. The number of carbonyl (C=O) groups excluding carboxylic acids is 2. The molecule has 11 heteroatoms. The number of aromatic nitrogens is 1. The lowest BCUT2D eigenvalue weighted by Crippen LogP contribution is -2.37. The molecule has 3 aromatic rings. The molecule has 0 spiro atoms. The zero-order valence-electron chi connectivity index (χ0n) is 22.0. The van der Waals surface area contributed by atoms with Gasteiger partial charge < -0.3 is 29.6 Å². The Morgan fingerprint density at radius 3 is 2.54 bits per heavy atom. The topological polar surface area (TPSA) is 97.2 Å². The van der Waals surface area contributed by atoms with Gasteiger partial charge in [-0.1, -0.05) is 12.1 Å². The summed E-state index contributed by atoms with van der Waals surface area (Å²) in [6.45, 7) is 6.47. The van der Waals surface area contributed by atoms with Crippen LogP contribution in [0.15, 0.2) is 58.9 Å². The number of hydrogen-bond acceptors (Lipinski definition) is 8. The van der Waals surface area contributed by atoms with Crippen LogP contribution in [0.3, 0.4) is 0 Å². The van der Waals surface area contributed by atoms with Gasteiger partial charge >= 0.3 is 5.97 Å². The number of nitrogens with zero attached hydrogens (tertiary/aromatic N) is 3. The van der Waals surface area contributed by atoms with Crippen LogP contribution in [0.1, 0.15) is 13.3 Å². The van der Waals surface area contributed by atoms with Gasteiger partial charge in [0.2, 0.25) is 5.91 Å². The SMILES string of the molecule is CCOC(=O)CNC(=O)CNCCCn1c(-c2ccc(N3CCOCC3)cc2)csc1=Nc1ccc(F)cc1. The molecule has 2 aromatic carbocycles. The summed E-state index contributed by atoms with van der Waals surface area (Å²) in [5.41, 5.74) is 3.97. The van der Waals surface area contributed by atoms with Crippen LogP contribution in [-0.2, 0) is 25.6 Å². The van der Waals surface area contributed by atoms with Crippen LogP contribution in [0.4, 0.5) is 15.8 Å². The maximum Gasteiger partial charge on any atom is 0.325 e. The highest BCUT2D eigenvalue weighted by Crippen LogP contribution is 2.25. The average molecular weight is 556 g/mol. The van der Waals surface area contributed by atoms with Crippen LogP contribution < -0.4 is 20.3 Å². The van der Waals surface area contributed by atoms with Crippen LogP contribution in [0.5, 0.6) is 0 Å². The zero-order chi connectivity index (χ0) is 27.5. The minimum absolute atomic E-state index is 0.108. The number of hydrogen-bond donors (Lipinski definition) is 2. The van der Waals surface area contributed by atoms with Crippen molar-refractivity contribution in [1.82, 2.24) is 15.2 Å². The summed E-state index contributed by atoms with van der Waals surface area (Å²) in [6.07, 6.45) is 0.747. The second-order valence-corrected chi connectivity index (χ2v) is 9.74. The summed E-state index contributed by atoms with van der Waals surface area (Å²) >= 11 is 1.53. The molecule has 1 fully saturated rings. The molecule has 39 heavy (non-hydrogen) atoms. The smallest absolute Gasteiger partial charge is 0.325 e. The van der Waals surface area contributed by atoms with Crippen molar-refractivity contribution in [2.75, 3.05) is 57.4 Å². The summed E-state index contributed by atoms with van der Waals surface area (Å²) in [4.78, 5) is 31.2. The summed E-state index contributed by atoms with van der Waals surface area (Å²) in [6, 6.07) is 14.6. The number of halogens is 1. The van der Waals surface area contributed by atoms with Crippen molar-refractivity contribution in [2.45, 2.75) is 19.9 Å².